The zero-order valence-electron chi connectivity index (χ0n) is 25.3. The van der Waals surface area contributed by atoms with Crippen molar-refractivity contribution >= 4 is 73.0 Å². The fraction of sp³-hybridized carbons (Fsp3) is 0. The van der Waals surface area contributed by atoms with Crippen molar-refractivity contribution in [3.05, 3.63) is 157 Å². The highest BCUT2D eigenvalue weighted by Crippen LogP contribution is 2.45. The van der Waals surface area contributed by atoms with E-state index < -0.39 is 0 Å². The van der Waals surface area contributed by atoms with Gasteiger partial charge in [-0.3, -0.25) is 9.47 Å². The van der Waals surface area contributed by atoms with Gasteiger partial charge in [0.1, 0.15) is 11.6 Å². The van der Waals surface area contributed by atoms with Crippen molar-refractivity contribution in [2.45, 2.75) is 0 Å². The summed E-state index contributed by atoms with van der Waals surface area (Å²) in [6.45, 7) is 0. The molecule has 0 unspecified atom stereocenters. The van der Waals surface area contributed by atoms with Gasteiger partial charge < -0.3 is 4.98 Å². The Labute approximate surface area is 270 Å². The van der Waals surface area contributed by atoms with Gasteiger partial charge in [-0.15, -0.1) is 0 Å². The number of hydrogen-bond acceptors (Lipinski definition) is 3. The van der Waals surface area contributed by atoms with Crippen molar-refractivity contribution < 1.29 is 0 Å². The summed E-state index contributed by atoms with van der Waals surface area (Å²) in [6.07, 6.45) is 6.30. The van der Waals surface area contributed by atoms with Gasteiger partial charge in [0.2, 0.25) is 0 Å². The molecule has 4 aromatic heterocycles. The number of nitrogens with zero attached hydrogens (tertiary/aromatic N) is 4. The van der Waals surface area contributed by atoms with E-state index in [9.17, 15) is 0 Å². The molecule has 1 N–H and O–H groups in total. The zero-order valence-corrected chi connectivity index (χ0v) is 25.3. The fourth-order valence-corrected chi connectivity index (χ4v) is 7.25. The van der Waals surface area contributed by atoms with Gasteiger partial charge in [0.05, 0.1) is 33.6 Å². The van der Waals surface area contributed by atoms with Gasteiger partial charge >= 0.3 is 0 Å². The molecule has 47 heavy (non-hydrogen) atoms. The molecule has 5 nitrogen and oxygen atoms in total. The van der Waals surface area contributed by atoms with E-state index in [0.717, 1.165) is 67.5 Å². The molecule has 0 radical (unpaired) electrons. The molecule has 220 valence electrons. The van der Waals surface area contributed by atoms with Crippen LogP contribution in [0.3, 0.4) is 0 Å². The molecule has 0 bridgehead atoms. The van der Waals surface area contributed by atoms with Crippen LogP contribution in [0.2, 0.25) is 0 Å². The summed E-state index contributed by atoms with van der Waals surface area (Å²) in [6, 6.07) is 49.1. The number of fused-ring (bicyclic) bond motifs is 8. The normalized spacial score (nSPS) is 12.6. The van der Waals surface area contributed by atoms with Crippen LogP contribution in [0.5, 0.6) is 0 Å². The van der Waals surface area contributed by atoms with Crippen LogP contribution < -0.4 is 4.90 Å². The SMILES string of the molecule is C1=Cc2cc3c4ccccc4n(-c4ccccn4)c3cc2N(c2cccc(-c3cccc4c3[nH]c3ccccc34)n2)c2ccccc21. The molecule has 0 atom stereocenters. The molecule has 0 saturated heterocycles. The summed E-state index contributed by atoms with van der Waals surface area (Å²) in [7, 11) is 0. The van der Waals surface area contributed by atoms with Crippen molar-refractivity contribution in [3.8, 4) is 17.1 Å². The summed E-state index contributed by atoms with van der Waals surface area (Å²) >= 11 is 0. The van der Waals surface area contributed by atoms with Crippen LogP contribution in [-0.4, -0.2) is 19.5 Å². The number of H-pyrrole nitrogens is 1. The summed E-state index contributed by atoms with van der Waals surface area (Å²) in [4.78, 5) is 16.1. The summed E-state index contributed by atoms with van der Waals surface area (Å²) in [5.74, 6) is 1.74. The van der Waals surface area contributed by atoms with Crippen LogP contribution in [0.25, 0.3) is 72.8 Å². The van der Waals surface area contributed by atoms with Crippen LogP contribution in [0.1, 0.15) is 11.1 Å². The van der Waals surface area contributed by atoms with Gasteiger partial charge in [-0.25, -0.2) is 9.97 Å². The molecule has 1 aliphatic heterocycles. The van der Waals surface area contributed by atoms with E-state index >= 15 is 0 Å². The number of benzene rings is 5. The third kappa shape index (κ3) is 3.90. The van der Waals surface area contributed by atoms with Crippen LogP contribution in [-0.2, 0) is 0 Å². The number of anilines is 3. The fourth-order valence-electron chi connectivity index (χ4n) is 7.25. The molecule has 0 amide bonds. The minimum absolute atomic E-state index is 0.855. The van der Waals surface area contributed by atoms with Crippen molar-refractivity contribution in [1.82, 2.24) is 19.5 Å². The molecule has 9 aromatic rings. The standard InChI is InChI=1S/C42H27N5/c1-5-18-36-27(11-1)22-23-28-25-33-30-13-3-6-19-37(30)47(40-20-7-8-24-43-40)39(33)26-38(28)46(36)41-21-10-17-35(44-41)32-15-9-14-31-29-12-2-4-16-34(29)45-42(31)32/h1-26,45H. The number of pyridine rings is 2. The van der Waals surface area contributed by atoms with Crippen LogP contribution in [0, 0.1) is 0 Å². The second kappa shape index (κ2) is 10.0. The number of hydrogen-bond donors (Lipinski definition) is 1. The van der Waals surface area contributed by atoms with E-state index in [1.165, 1.54) is 21.5 Å². The van der Waals surface area contributed by atoms with E-state index in [-0.39, 0.29) is 0 Å². The van der Waals surface area contributed by atoms with Crippen molar-refractivity contribution in [1.29, 1.82) is 0 Å². The molecule has 0 saturated carbocycles. The Balaban J connectivity index is 1.23. The lowest BCUT2D eigenvalue weighted by molar-refractivity contribution is 1.08. The lowest BCUT2D eigenvalue weighted by Crippen LogP contribution is -2.13. The molecule has 1 aliphatic rings. The number of nitrogens with one attached hydrogen (secondary N) is 1. The third-order valence-corrected chi connectivity index (χ3v) is 9.34. The molecule has 5 aromatic carbocycles. The molecule has 0 aliphatic carbocycles. The Bertz CT molecular complexity index is 2700. The van der Waals surface area contributed by atoms with Gasteiger partial charge in [0.15, 0.2) is 0 Å². The minimum Gasteiger partial charge on any atom is -0.354 e. The quantitative estimate of drug-likeness (QED) is 0.219. The maximum Gasteiger partial charge on any atom is 0.138 e. The smallest absolute Gasteiger partial charge is 0.138 e. The molecule has 0 fully saturated rings. The summed E-state index contributed by atoms with van der Waals surface area (Å²) < 4.78 is 2.27. The van der Waals surface area contributed by atoms with Crippen molar-refractivity contribution in [2.24, 2.45) is 0 Å². The Morgan fingerprint density at radius 2 is 1.28 bits per heavy atom. The van der Waals surface area contributed by atoms with E-state index in [4.69, 9.17) is 9.97 Å². The maximum absolute atomic E-state index is 5.39. The highest BCUT2D eigenvalue weighted by molar-refractivity contribution is 6.13. The van der Waals surface area contributed by atoms with Crippen LogP contribution in [0.15, 0.2) is 146 Å². The minimum atomic E-state index is 0.855. The van der Waals surface area contributed by atoms with Gasteiger partial charge in [0.25, 0.3) is 0 Å². The topological polar surface area (TPSA) is 49.7 Å². The Hall–Kier alpha value is -6.46. The first kappa shape index (κ1) is 25.8. The van der Waals surface area contributed by atoms with Gasteiger partial charge in [-0.1, -0.05) is 97.1 Å². The summed E-state index contributed by atoms with van der Waals surface area (Å²) in [5, 5.41) is 4.80. The Morgan fingerprint density at radius 3 is 2.21 bits per heavy atom. The maximum atomic E-state index is 5.39. The number of rotatable bonds is 3. The van der Waals surface area contributed by atoms with E-state index in [1.54, 1.807) is 0 Å². The van der Waals surface area contributed by atoms with Crippen molar-refractivity contribution in [2.75, 3.05) is 4.90 Å². The highest BCUT2D eigenvalue weighted by Gasteiger charge is 2.24. The highest BCUT2D eigenvalue weighted by atomic mass is 15.2. The first-order valence-electron chi connectivity index (χ1n) is 15.8. The molecule has 5 heteroatoms. The van der Waals surface area contributed by atoms with Crippen LogP contribution >= 0.6 is 0 Å². The molecule has 10 rings (SSSR count). The number of aromatic nitrogens is 4. The van der Waals surface area contributed by atoms with Gasteiger partial charge in [-0.05, 0) is 65.7 Å². The third-order valence-electron chi connectivity index (χ3n) is 9.34. The lowest BCUT2D eigenvalue weighted by atomic mass is 10.1. The predicted molar refractivity (Wildman–Crippen MR) is 195 cm³/mol. The number of para-hydroxylation sites is 4. The Kier molecular flexibility index (Phi) is 5.51. The average molecular weight is 602 g/mol. The monoisotopic (exact) mass is 601 g/mol. The molecule has 5 heterocycles. The largest absolute Gasteiger partial charge is 0.354 e. The Morgan fingerprint density at radius 1 is 0.511 bits per heavy atom. The van der Waals surface area contributed by atoms with Gasteiger partial charge in [-0.2, -0.15) is 0 Å². The first-order chi connectivity index (χ1) is 23.3. The van der Waals surface area contributed by atoms with E-state index in [1.807, 2.05) is 18.3 Å². The molecular formula is C42H27N5. The lowest BCUT2D eigenvalue weighted by Gasteiger charge is -2.27. The second-order valence-corrected chi connectivity index (χ2v) is 12.0. The first-order valence-corrected chi connectivity index (χ1v) is 15.8. The summed E-state index contributed by atoms with van der Waals surface area (Å²) in [5.41, 5.74) is 10.8. The van der Waals surface area contributed by atoms with Crippen molar-refractivity contribution in [3.63, 3.8) is 0 Å². The zero-order chi connectivity index (χ0) is 30.9. The average Bonchev–Trinajstić information content (AvgIpc) is 3.61. The van der Waals surface area contributed by atoms with Gasteiger partial charge in [0, 0.05) is 38.8 Å². The van der Waals surface area contributed by atoms with Crippen LogP contribution in [0.4, 0.5) is 17.2 Å². The van der Waals surface area contributed by atoms with E-state index in [0.29, 0.717) is 0 Å². The number of aromatic amines is 1. The van der Waals surface area contributed by atoms with E-state index in [2.05, 4.69) is 154 Å². The molecule has 0 spiro atoms. The predicted octanol–water partition coefficient (Wildman–Crippen LogP) is 10.8. The molecular weight excluding hydrogens is 574 g/mol. The second-order valence-electron chi connectivity index (χ2n) is 12.0.